The molecule has 1 aromatic rings. The van der Waals surface area contributed by atoms with E-state index >= 15 is 0 Å². The SMILES string of the molecule is CCCC1CN(c2ccccc2C2CC(C)(C)CC(C)(C)C2)CCN1C. The van der Waals surface area contributed by atoms with Gasteiger partial charge in [-0.05, 0) is 61.1 Å². The van der Waals surface area contributed by atoms with Gasteiger partial charge in [-0.3, -0.25) is 4.90 Å². The lowest BCUT2D eigenvalue weighted by atomic mass is 9.60. The first-order chi connectivity index (χ1) is 12.2. The summed E-state index contributed by atoms with van der Waals surface area (Å²) >= 11 is 0. The summed E-state index contributed by atoms with van der Waals surface area (Å²) in [6.07, 6.45) is 6.55. The van der Waals surface area contributed by atoms with Crippen molar-refractivity contribution in [2.45, 2.75) is 78.7 Å². The predicted octanol–water partition coefficient (Wildman–Crippen LogP) is 5.93. The summed E-state index contributed by atoms with van der Waals surface area (Å²) in [7, 11) is 2.30. The van der Waals surface area contributed by atoms with E-state index in [-0.39, 0.29) is 0 Å². The molecule has 1 aliphatic heterocycles. The highest BCUT2D eigenvalue weighted by Gasteiger charge is 2.40. The third kappa shape index (κ3) is 4.44. The molecule has 146 valence electrons. The van der Waals surface area contributed by atoms with Gasteiger partial charge < -0.3 is 4.90 Å². The van der Waals surface area contributed by atoms with E-state index in [2.05, 4.69) is 75.7 Å². The highest BCUT2D eigenvalue weighted by molar-refractivity contribution is 5.56. The predicted molar refractivity (Wildman–Crippen MR) is 114 cm³/mol. The van der Waals surface area contributed by atoms with Crippen LogP contribution in [0.3, 0.4) is 0 Å². The van der Waals surface area contributed by atoms with Crippen molar-refractivity contribution in [1.29, 1.82) is 0 Å². The molecule has 1 saturated heterocycles. The number of hydrogen-bond acceptors (Lipinski definition) is 2. The lowest BCUT2D eigenvalue weighted by Crippen LogP contribution is -2.51. The zero-order valence-electron chi connectivity index (χ0n) is 18.0. The molecule has 2 fully saturated rings. The monoisotopic (exact) mass is 356 g/mol. The number of para-hydroxylation sites is 1. The second-order valence-electron chi connectivity index (χ2n) is 10.5. The average Bonchev–Trinajstić information content (AvgIpc) is 2.54. The molecule has 26 heavy (non-hydrogen) atoms. The van der Waals surface area contributed by atoms with Crippen molar-refractivity contribution >= 4 is 5.69 Å². The molecule has 1 aliphatic carbocycles. The molecule has 3 rings (SSSR count). The normalized spacial score (nSPS) is 26.8. The van der Waals surface area contributed by atoms with Gasteiger partial charge >= 0.3 is 0 Å². The maximum Gasteiger partial charge on any atom is 0.0402 e. The molecule has 0 aromatic heterocycles. The van der Waals surface area contributed by atoms with Gasteiger partial charge in [0.1, 0.15) is 0 Å². The highest BCUT2D eigenvalue weighted by Crippen LogP contribution is 2.53. The maximum atomic E-state index is 2.68. The van der Waals surface area contributed by atoms with Gasteiger partial charge in [-0.15, -0.1) is 0 Å². The molecule has 0 bridgehead atoms. The number of nitrogens with zero attached hydrogens (tertiary/aromatic N) is 2. The van der Waals surface area contributed by atoms with Gasteiger partial charge in [0.25, 0.3) is 0 Å². The highest BCUT2D eigenvalue weighted by atomic mass is 15.3. The fourth-order valence-electron chi connectivity index (χ4n) is 6.00. The Kier molecular flexibility index (Phi) is 5.72. The number of piperazine rings is 1. The zero-order valence-corrected chi connectivity index (χ0v) is 18.0. The standard InChI is InChI=1S/C24H40N2/c1-7-10-20-17-26(14-13-25(20)6)22-12-9-8-11-21(22)19-15-23(2,3)18-24(4,5)16-19/h8-9,11-12,19-20H,7,10,13-18H2,1-6H3. The lowest BCUT2D eigenvalue weighted by molar-refractivity contribution is 0.0969. The van der Waals surface area contributed by atoms with E-state index in [1.165, 1.54) is 50.9 Å². The van der Waals surface area contributed by atoms with Crippen LogP contribution in [0.4, 0.5) is 5.69 Å². The summed E-state index contributed by atoms with van der Waals surface area (Å²) in [4.78, 5) is 5.25. The van der Waals surface area contributed by atoms with Gasteiger partial charge in [0.2, 0.25) is 0 Å². The van der Waals surface area contributed by atoms with Crippen LogP contribution in [0.1, 0.15) is 78.2 Å². The molecule has 0 amide bonds. The lowest BCUT2D eigenvalue weighted by Gasteiger charge is -2.47. The summed E-state index contributed by atoms with van der Waals surface area (Å²) in [5, 5.41) is 0. The molecular formula is C24H40N2. The van der Waals surface area contributed by atoms with E-state index in [0.717, 1.165) is 6.54 Å². The Morgan fingerprint density at radius 1 is 1.00 bits per heavy atom. The molecule has 1 atom stereocenters. The quantitative estimate of drug-likeness (QED) is 0.660. The molecule has 2 aliphatic rings. The van der Waals surface area contributed by atoms with Crippen molar-refractivity contribution in [1.82, 2.24) is 4.90 Å². The molecule has 0 radical (unpaired) electrons. The molecule has 0 spiro atoms. The van der Waals surface area contributed by atoms with Crippen molar-refractivity contribution in [3.05, 3.63) is 29.8 Å². The van der Waals surface area contributed by atoms with E-state index in [0.29, 0.717) is 22.8 Å². The number of hydrogen-bond donors (Lipinski definition) is 0. The fraction of sp³-hybridized carbons (Fsp3) is 0.750. The van der Waals surface area contributed by atoms with E-state index in [9.17, 15) is 0 Å². The molecule has 2 nitrogen and oxygen atoms in total. The Balaban J connectivity index is 1.87. The Labute approximate surface area is 162 Å². The first kappa shape index (κ1) is 19.7. The molecule has 1 heterocycles. The Bertz CT molecular complexity index is 588. The largest absolute Gasteiger partial charge is 0.368 e. The molecular weight excluding hydrogens is 316 g/mol. The van der Waals surface area contributed by atoms with E-state index < -0.39 is 0 Å². The number of likely N-dealkylation sites (N-methyl/N-ethyl adjacent to an activating group) is 1. The van der Waals surface area contributed by atoms with Crippen LogP contribution >= 0.6 is 0 Å². The van der Waals surface area contributed by atoms with Gasteiger partial charge in [-0.1, -0.05) is 59.2 Å². The first-order valence-corrected chi connectivity index (χ1v) is 10.7. The number of rotatable bonds is 4. The van der Waals surface area contributed by atoms with Crippen molar-refractivity contribution in [3.8, 4) is 0 Å². The Morgan fingerprint density at radius 3 is 2.31 bits per heavy atom. The second-order valence-corrected chi connectivity index (χ2v) is 10.5. The molecule has 2 heteroatoms. The van der Waals surface area contributed by atoms with Crippen LogP contribution in [0.15, 0.2) is 24.3 Å². The van der Waals surface area contributed by atoms with Crippen molar-refractivity contribution in [2.75, 3.05) is 31.6 Å². The topological polar surface area (TPSA) is 6.48 Å². The molecule has 1 aromatic carbocycles. The Morgan fingerprint density at radius 2 is 1.65 bits per heavy atom. The van der Waals surface area contributed by atoms with Crippen LogP contribution in [0, 0.1) is 10.8 Å². The second kappa shape index (κ2) is 7.54. The van der Waals surface area contributed by atoms with Crippen molar-refractivity contribution in [2.24, 2.45) is 10.8 Å². The summed E-state index contributed by atoms with van der Waals surface area (Å²) in [6.45, 7) is 15.7. The summed E-state index contributed by atoms with van der Waals surface area (Å²) in [6, 6.07) is 10.0. The molecule has 1 saturated carbocycles. The van der Waals surface area contributed by atoms with Crippen LogP contribution in [0.5, 0.6) is 0 Å². The van der Waals surface area contributed by atoms with Gasteiger partial charge in [0.15, 0.2) is 0 Å². The van der Waals surface area contributed by atoms with Crippen LogP contribution in [-0.2, 0) is 0 Å². The minimum atomic E-state index is 0.437. The van der Waals surface area contributed by atoms with Gasteiger partial charge in [-0.25, -0.2) is 0 Å². The van der Waals surface area contributed by atoms with E-state index in [4.69, 9.17) is 0 Å². The van der Waals surface area contributed by atoms with Crippen LogP contribution in [0.25, 0.3) is 0 Å². The van der Waals surface area contributed by atoms with E-state index in [1.807, 2.05) is 0 Å². The average molecular weight is 357 g/mol. The summed E-state index contributed by atoms with van der Waals surface area (Å²) in [5.74, 6) is 0.689. The third-order valence-electron chi connectivity index (χ3n) is 6.67. The zero-order chi connectivity index (χ0) is 18.9. The third-order valence-corrected chi connectivity index (χ3v) is 6.67. The fourth-order valence-corrected chi connectivity index (χ4v) is 6.00. The maximum absolute atomic E-state index is 2.68. The first-order valence-electron chi connectivity index (χ1n) is 10.7. The Hall–Kier alpha value is -1.02. The van der Waals surface area contributed by atoms with Crippen molar-refractivity contribution in [3.63, 3.8) is 0 Å². The minimum Gasteiger partial charge on any atom is -0.368 e. The van der Waals surface area contributed by atoms with Gasteiger partial charge in [0.05, 0.1) is 0 Å². The van der Waals surface area contributed by atoms with Gasteiger partial charge in [-0.2, -0.15) is 0 Å². The molecule has 1 unspecified atom stereocenters. The van der Waals surface area contributed by atoms with E-state index in [1.54, 1.807) is 5.56 Å². The molecule has 0 N–H and O–H groups in total. The summed E-state index contributed by atoms with van der Waals surface area (Å²) in [5.41, 5.74) is 3.99. The van der Waals surface area contributed by atoms with Crippen LogP contribution in [-0.4, -0.2) is 37.6 Å². The minimum absolute atomic E-state index is 0.437. The smallest absolute Gasteiger partial charge is 0.0402 e. The van der Waals surface area contributed by atoms with Gasteiger partial charge in [0, 0.05) is 31.4 Å². The van der Waals surface area contributed by atoms with Crippen molar-refractivity contribution < 1.29 is 0 Å². The van der Waals surface area contributed by atoms with Crippen LogP contribution < -0.4 is 4.90 Å². The summed E-state index contributed by atoms with van der Waals surface area (Å²) < 4.78 is 0. The number of anilines is 1. The van der Waals surface area contributed by atoms with Crippen LogP contribution in [0.2, 0.25) is 0 Å². The number of benzene rings is 1.